The first-order valence-corrected chi connectivity index (χ1v) is 6.29. The number of morpholine rings is 1. The molecule has 1 N–H and O–H groups in total. The van der Waals surface area contributed by atoms with Crippen LogP contribution in [0.25, 0.3) is 0 Å². The summed E-state index contributed by atoms with van der Waals surface area (Å²) in [5, 5.41) is 3.54. The summed E-state index contributed by atoms with van der Waals surface area (Å²) in [5.74, 6) is -0.428. The number of carbonyl (C=O) groups excluding carboxylic acids is 1. The Morgan fingerprint density at radius 1 is 1.56 bits per heavy atom. The van der Waals surface area contributed by atoms with Gasteiger partial charge in [0, 0.05) is 30.5 Å². The molecule has 1 unspecified atom stereocenters. The zero-order valence-electron chi connectivity index (χ0n) is 9.92. The Kier molecular flexibility index (Phi) is 4.69. The standard InChI is InChI=1S/C13H15ClFNO2/c14-10-2-1-9(13(15)6-10)5-12(17)7-11-8-18-4-3-16-11/h1-2,6,11,16H,3-5,7-8H2. The van der Waals surface area contributed by atoms with Crippen molar-refractivity contribution in [3.8, 4) is 0 Å². The smallest absolute Gasteiger partial charge is 0.139 e. The second-order valence-corrected chi connectivity index (χ2v) is 4.82. The van der Waals surface area contributed by atoms with Crippen molar-refractivity contribution >= 4 is 17.4 Å². The maximum Gasteiger partial charge on any atom is 0.139 e. The average Bonchev–Trinajstić information content (AvgIpc) is 2.34. The van der Waals surface area contributed by atoms with Crippen LogP contribution < -0.4 is 5.32 Å². The predicted molar refractivity (Wildman–Crippen MR) is 67.3 cm³/mol. The Hall–Kier alpha value is -0.970. The molecule has 5 heteroatoms. The first-order chi connectivity index (χ1) is 8.65. The predicted octanol–water partition coefficient (Wildman–Crippen LogP) is 1.97. The number of hydrogen-bond acceptors (Lipinski definition) is 3. The van der Waals surface area contributed by atoms with Crippen molar-refractivity contribution in [1.29, 1.82) is 0 Å². The van der Waals surface area contributed by atoms with Crippen LogP contribution in [0, 0.1) is 5.82 Å². The molecular formula is C13H15ClFNO2. The third-order valence-electron chi connectivity index (χ3n) is 2.88. The van der Waals surface area contributed by atoms with Gasteiger partial charge in [-0.05, 0) is 17.7 Å². The Bertz CT molecular complexity index is 433. The molecule has 0 saturated carbocycles. The Labute approximate surface area is 110 Å². The number of halogens is 2. The molecule has 0 amide bonds. The number of nitrogens with one attached hydrogen (secondary N) is 1. The van der Waals surface area contributed by atoms with Crippen LogP contribution in [0.1, 0.15) is 12.0 Å². The van der Waals surface area contributed by atoms with Crippen molar-refractivity contribution in [1.82, 2.24) is 5.32 Å². The Morgan fingerprint density at radius 2 is 2.39 bits per heavy atom. The highest BCUT2D eigenvalue weighted by molar-refractivity contribution is 6.30. The quantitative estimate of drug-likeness (QED) is 0.910. The number of hydrogen-bond donors (Lipinski definition) is 1. The minimum atomic E-state index is -0.427. The number of Topliss-reactive ketones (excluding diaryl/α,β-unsaturated/α-hetero) is 1. The van der Waals surface area contributed by atoms with E-state index in [-0.39, 0.29) is 18.2 Å². The largest absolute Gasteiger partial charge is 0.379 e. The van der Waals surface area contributed by atoms with Gasteiger partial charge in [-0.15, -0.1) is 0 Å². The summed E-state index contributed by atoms with van der Waals surface area (Å²) in [5.41, 5.74) is 0.390. The maximum absolute atomic E-state index is 13.5. The van der Waals surface area contributed by atoms with Crippen LogP contribution in [0.3, 0.4) is 0 Å². The molecule has 1 aromatic rings. The summed E-state index contributed by atoms with van der Waals surface area (Å²) in [6.45, 7) is 1.97. The van der Waals surface area contributed by atoms with Crippen molar-refractivity contribution < 1.29 is 13.9 Å². The van der Waals surface area contributed by atoms with Crippen LogP contribution in [-0.4, -0.2) is 31.6 Å². The van der Waals surface area contributed by atoms with E-state index in [0.29, 0.717) is 30.2 Å². The SMILES string of the molecule is O=C(Cc1ccc(Cl)cc1F)CC1COCCN1. The Balaban J connectivity index is 1.90. The van der Waals surface area contributed by atoms with Crippen LogP contribution in [0.2, 0.25) is 5.02 Å². The van der Waals surface area contributed by atoms with Crippen molar-refractivity contribution in [2.45, 2.75) is 18.9 Å². The lowest BCUT2D eigenvalue weighted by molar-refractivity contribution is -0.119. The molecular weight excluding hydrogens is 257 g/mol. The fourth-order valence-electron chi connectivity index (χ4n) is 1.98. The van der Waals surface area contributed by atoms with Crippen LogP contribution >= 0.6 is 11.6 Å². The van der Waals surface area contributed by atoms with E-state index in [1.165, 1.54) is 6.07 Å². The lowest BCUT2D eigenvalue weighted by Crippen LogP contribution is -2.42. The van der Waals surface area contributed by atoms with Gasteiger partial charge in [-0.3, -0.25) is 4.79 Å². The minimum Gasteiger partial charge on any atom is -0.379 e. The summed E-state index contributed by atoms with van der Waals surface area (Å²) >= 11 is 5.66. The molecule has 0 radical (unpaired) electrons. The van der Waals surface area contributed by atoms with Gasteiger partial charge in [0.05, 0.1) is 13.2 Å². The fraction of sp³-hybridized carbons (Fsp3) is 0.462. The number of ether oxygens (including phenoxy) is 1. The van der Waals surface area contributed by atoms with E-state index in [2.05, 4.69) is 5.32 Å². The molecule has 0 aliphatic carbocycles. The summed E-state index contributed by atoms with van der Waals surface area (Å²) < 4.78 is 18.8. The third-order valence-corrected chi connectivity index (χ3v) is 3.11. The first-order valence-electron chi connectivity index (χ1n) is 5.92. The van der Waals surface area contributed by atoms with E-state index in [1.807, 2.05) is 0 Å². The lowest BCUT2D eigenvalue weighted by Gasteiger charge is -2.23. The molecule has 2 rings (SSSR count). The van der Waals surface area contributed by atoms with Gasteiger partial charge in [-0.2, -0.15) is 0 Å². The van der Waals surface area contributed by atoms with Crippen molar-refractivity contribution in [3.63, 3.8) is 0 Å². The van der Waals surface area contributed by atoms with Crippen LogP contribution in [0.4, 0.5) is 4.39 Å². The van der Waals surface area contributed by atoms with Gasteiger partial charge < -0.3 is 10.1 Å². The van der Waals surface area contributed by atoms with Gasteiger partial charge in [0.1, 0.15) is 11.6 Å². The zero-order chi connectivity index (χ0) is 13.0. The normalized spacial score (nSPS) is 19.8. The maximum atomic E-state index is 13.5. The molecule has 0 aromatic heterocycles. The summed E-state index contributed by atoms with van der Waals surface area (Å²) in [6.07, 6.45) is 0.462. The van der Waals surface area contributed by atoms with Crippen LogP contribution in [0.15, 0.2) is 18.2 Å². The molecule has 0 bridgehead atoms. The van der Waals surface area contributed by atoms with Crippen LogP contribution in [0.5, 0.6) is 0 Å². The number of rotatable bonds is 4. The van der Waals surface area contributed by atoms with Crippen LogP contribution in [-0.2, 0) is 16.0 Å². The molecule has 0 spiro atoms. The molecule has 1 heterocycles. The molecule has 3 nitrogen and oxygen atoms in total. The monoisotopic (exact) mass is 271 g/mol. The van der Waals surface area contributed by atoms with E-state index in [4.69, 9.17) is 16.3 Å². The summed E-state index contributed by atoms with van der Waals surface area (Å²) in [6, 6.07) is 4.42. The molecule has 18 heavy (non-hydrogen) atoms. The van der Waals surface area contributed by atoms with Gasteiger partial charge in [0.15, 0.2) is 0 Å². The van der Waals surface area contributed by atoms with E-state index in [0.717, 1.165) is 6.54 Å². The van der Waals surface area contributed by atoms with E-state index in [1.54, 1.807) is 12.1 Å². The first kappa shape index (κ1) is 13.5. The molecule has 1 fully saturated rings. The van der Waals surface area contributed by atoms with Gasteiger partial charge in [0.2, 0.25) is 0 Å². The van der Waals surface area contributed by atoms with Crippen molar-refractivity contribution in [2.24, 2.45) is 0 Å². The number of ketones is 1. The zero-order valence-corrected chi connectivity index (χ0v) is 10.7. The highest BCUT2D eigenvalue weighted by atomic mass is 35.5. The van der Waals surface area contributed by atoms with E-state index < -0.39 is 5.82 Å². The molecule has 1 saturated heterocycles. The summed E-state index contributed by atoms with van der Waals surface area (Å²) in [4.78, 5) is 11.8. The minimum absolute atomic E-state index is 0.000720. The van der Waals surface area contributed by atoms with Gasteiger partial charge in [0.25, 0.3) is 0 Å². The topological polar surface area (TPSA) is 38.3 Å². The molecule has 98 valence electrons. The molecule has 1 atom stereocenters. The molecule has 1 aliphatic heterocycles. The third kappa shape index (κ3) is 3.77. The summed E-state index contributed by atoms with van der Waals surface area (Å²) in [7, 11) is 0. The Morgan fingerprint density at radius 3 is 3.06 bits per heavy atom. The van der Waals surface area contributed by atoms with Gasteiger partial charge in [-0.25, -0.2) is 4.39 Å². The molecule has 1 aromatic carbocycles. The highest BCUT2D eigenvalue weighted by Gasteiger charge is 2.17. The van der Waals surface area contributed by atoms with Gasteiger partial charge in [-0.1, -0.05) is 17.7 Å². The van der Waals surface area contributed by atoms with E-state index in [9.17, 15) is 9.18 Å². The second kappa shape index (κ2) is 6.27. The average molecular weight is 272 g/mol. The van der Waals surface area contributed by atoms with Crippen molar-refractivity contribution in [3.05, 3.63) is 34.6 Å². The van der Waals surface area contributed by atoms with Crippen molar-refractivity contribution in [2.75, 3.05) is 19.8 Å². The van der Waals surface area contributed by atoms with E-state index >= 15 is 0 Å². The highest BCUT2D eigenvalue weighted by Crippen LogP contribution is 2.16. The second-order valence-electron chi connectivity index (χ2n) is 4.38. The number of benzene rings is 1. The number of carbonyl (C=O) groups is 1. The lowest BCUT2D eigenvalue weighted by atomic mass is 10.0. The van der Waals surface area contributed by atoms with Gasteiger partial charge >= 0.3 is 0 Å². The molecule has 1 aliphatic rings. The fourth-order valence-corrected chi connectivity index (χ4v) is 2.13.